The highest BCUT2D eigenvalue weighted by Crippen LogP contribution is 2.18. The van der Waals surface area contributed by atoms with E-state index in [4.69, 9.17) is 5.73 Å². The molecule has 112 valence electrons. The van der Waals surface area contributed by atoms with Crippen molar-refractivity contribution < 1.29 is 8.42 Å². The van der Waals surface area contributed by atoms with Crippen molar-refractivity contribution >= 4 is 15.5 Å². The molecular weight excluding hydrogens is 288 g/mol. The molecule has 1 aromatic heterocycles. The van der Waals surface area contributed by atoms with Crippen LogP contribution in [0.1, 0.15) is 11.1 Å². The standard InChI is InChI=1S/C15H18N2O3S/c1-11-3-4-12(2)14(9-11)21(19,20)8-7-17-10-13(16)5-6-15(17)18/h3-6,9-10H,7-8,16H2,1-2H3. The van der Waals surface area contributed by atoms with Crippen LogP contribution in [0.4, 0.5) is 5.69 Å². The molecule has 0 amide bonds. The van der Waals surface area contributed by atoms with Gasteiger partial charge in [-0.2, -0.15) is 0 Å². The molecule has 0 atom stereocenters. The number of sulfone groups is 1. The number of nitrogen functional groups attached to an aromatic ring is 1. The zero-order valence-electron chi connectivity index (χ0n) is 12.0. The topological polar surface area (TPSA) is 82.2 Å². The maximum Gasteiger partial charge on any atom is 0.250 e. The number of nitrogens with two attached hydrogens (primary N) is 1. The van der Waals surface area contributed by atoms with Crippen LogP contribution >= 0.6 is 0 Å². The van der Waals surface area contributed by atoms with Crippen LogP contribution in [0.25, 0.3) is 0 Å². The number of aryl methyl sites for hydroxylation is 3. The Morgan fingerprint density at radius 1 is 1.14 bits per heavy atom. The van der Waals surface area contributed by atoms with E-state index in [0.29, 0.717) is 16.1 Å². The van der Waals surface area contributed by atoms with Crippen LogP contribution in [0.15, 0.2) is 46.2 Å². The third kappa shape index (κ3) is 3.52. The third-order valence-electron chi connectivity index (χ3n) is 3.29. The molecule has 0 aliphatic carbocycles. The Hall–Kier alpha value is -2.08. The Labute approximate surface area is 124 Å². The zero-order valence-corrected chi connectivity index (χ0v) is 12.9. The molecule has 5 nitrogen and oxygen atoms in total. The first kappa shape index (κ1) is 15.3. The Balaban J connectivity index is 2.28. The van der Waals surface area contributed by atoms with Gasteiger partial charge >= 0.3 is 0 Å². The molecule has 1 aromatic carbocycles. The summed E-state index contributed by atoms with van der Waals surface area (Å²) in [6.07, 6.45) is 1.46. The molecule has 1 heterocycles. The van der Waals surface area contributed by atoms with Crippen molar-refractivity contribution in [1.29, 1.82) is 0 Å². The van der Waals surface area contributed by atoms with Crippen LogP contribution in [-0.4, -0.2) is 18.7 Å². The summed E-state index contributed by atoms with van der Waals surface area (Å²) in [5.41, 5.74) is 7.38. The smallest absolute Gasteiger partial charge is 0.250 e. The summed E-state index contributed by atoms with van der Waals surface area (Å²) in [6, 6.07) is 8.15. The molecule has 0 aliphatic heterocycles. The largest absolute Gasteiger partial charge is 0.398 e. The summed E-state index contributed by atoms with van der Waals surface area (Å²) in [5.74, 6) is -0.138. The Morgan fingerprint density at radius 3 is 2.57 bits per heavy atom. The van der Waals surface area contributed by atoms with Crippen molar-refractivity contribution in [3.63, 3.8) is 0 Å². The second-order valence-corrected chi connectivity index (χ2v) is 7.16. The fourth-order valence-corrected chi connectivity index (χ4v) is 3.68. The second-order valence-electron chi connectivity index (χ2n) is 5.08. The molecule has 0 spiro atoms. The van der Waals surface area contributed by atoms with Crippen molar-refractivity contribution in [2.24, 2.45) is 0 Å². The van der Waals surface area contributed by atoms with Gasteiger partial charge in [0.25, 0.3) is 5.56 Å². The van der Waals surface area contributed by atoms with E-state index in [-0.39, 0.29) is 17.9 Å². The predicted octanol–water partition coefficient (Wildman–Crippen LogP) is 1.52. The highest BCUT2D eigenvalue weighted by Gasteiger charge is 2.17. The van der Waals surface area contributed by atoms with Crippen LogP contribution < -0.4 is 11.3 Å². The van der Waals surface area contributed by atoms with Crippen molar-refractivity contribution in [2.45, 2.75) is 25.3 Å². The van der Waals surface area contributed by atoms with E-state index in [9.17, 15) is 13.2 Å². The fourth-order valence-electron chi connectivity index (χ4n) is 2.10. The molecular formula is C15H18N2O3S. The van der Waals surface area contributed by atoms with Crippen LogP contribution in [0.3, 0.4) is 0 Å². The number of nitrogens with zero attached hydrogens (tertiary/aromatic N) is 1. The van der Waals surface area contributed by atoms with Crippen molar-refractivity contribution in [1.82, 2.24) is 4.57 Å². The van der Waals surface area contributed by atoms with E-state index in [0.717, 1.165) is 5.56 Å². The van der Waals surface area contributed by atoms with E-state index >= 15 is 0 Å². The zero-order chi connectivity index (χ0) is 15.6. The minimum Gasteiger partial charge on any atom is -0.398 e. The first-order chi connectivity index (χ1) is 9.79. The van der Waals surface area contributed by atoms with Gasteiger partial charge < -0.3 is 10.3 Å². The predicted molar refractivity (Wildman–Crippen MR) is 83.1 cm³/mol. The molecule has 0 saturated heterocycles. The third-order valence-corrected chi connectivity index (χ3v) is 5.12. The molecule has 0 unspecified atom stereocenters. The van der Waals surface area contributed by atoms with Gasteiger partial charge in [-0.3, -0.25) is 4.79 Å². The number of rotatable bonds is 4. The van der Waals surface area contributed by atoms with Gasteiger partial charge in [0.15, 0.2) is 9.84 Å². The maximum absolute atomic E-state index is 12.4. The van der Waals surface area contributed by atoms with Gasteiger partial charge in [-0.1, -0.05) is 12.1 Å². The minimum atomic E-state index is -3.44. The molecule has 2 rings (SSSR count). The van der Waals surface area contributed by atoms with Gasteiger partial charge in [0.05, 0.1) is 10.6 Å². The lowest BCUT2D eigenvalue weighted by Gasteiger charge is -2.10. The van der Waals surface area contributed by atoms with Crippen LogP contribution in [0.5, 0.6) is 0 Å². The van der Waals surface area contributed by atoms with Gasteiger partial charge in [-0.15, -0.1) is 0 Å². The van der Waals surface area contributed by atoms with Crippen molar-refractivity contribution in [3.8, 4) is 0 Å². The first-order valence-electron chi connectivity index (χ1n) is 6.55. The van der Waals surface area contributed by atoms with Gasteiger partial charge in [0.2, 0.25) is 0 Å². The Kier molecular flexibility index (Phi) is 4.18. The van der Waals surface area contributed by atoms with E-state index in [1.54, 1.807) is 19.1 Å². The molecule has 2 N–H and O–H groups in total. The summed E-state index contributed by atoms with van der Waals surface area (Å²) >= 11 is 0. The summed E-state index contributed by atoms with van der Waals surface area (Å²) in [4.78, 5) is 12.0. The highest BCUT2D eigenvalue weighted by atomic mass is 32.2. The van der Waals surface area contributed by atoms with Gasteiger partial charge in [0.1, 0.15) is 0 Å². The lowest BCUT2D eigenvalue weighted by molar-refractivity contribution is 0.586. The highest BCUT2D eigenvalue weighted by molar-refractivity contribution is 7.91. The number of hydrogen-bond acceptors (Lipinski definition) is 4. The Morgan fingerprint density at radius 2 is 1.86 bits per heavy atom. The fraction of sp³-hybridized carbons (Fsp3) is 0.267. The molecule has 2 aromatic rings. The number of aromatic nitrogens is 1. The molecule has 6 heteroatoms. The van der Waals surface area contributed by atoms with Crippen molar-refractivity contribution in [2.75, 3.05) is 11.5 Å². The molecule has 0 fully saturated rings. The molecule has 0 bridgehead atoms. The van der Waals surface area contributed by atoms with E-state index in [2.05, 4.69) is 0 Å². The average molecular weight is 306 g/mol. The quantitative estimate of drug-likeness (QED) is 0.928. The monoisotopic (exact) mass is 306 g/mol. The average Bonchev–Trinajstić information content (AvgIpc) is 2.42. The van der Waals surface area contributed by atoms with E-state index in [1.807, 2.05) is 13.0 Å². The van der Waals surface area contributed by atoms with E-state index < -0.39 is 9.84 Å². The summed E-state index contributed by atoms with van der Waals surface area (Å²) in [6.45, 7) is 3.69. The first-order valence-corrected chi connectivity index (χ1v) is 8.21. The summed E-state index contributed by atoms with van der Waals surface area (Å²) in [7, 11) is -3.44. The Bertz CT molecular complexity index is 823. The lowest BCUT2D eigenvalue weighted by atomic mass is 10.2. The number of hydrogen-bond donors (Lipinski definition) is 1. The summed E-state index contributed by atoms with van der Waals surface area (Å²) < 4.78 is 26.2. The van der Waals surface area contributed by atoms with Gasteiger partial charge in [0, 0.05) is 24.5 Å². The van der Waals surface area contributed by atoms with Crippen LogP contribution in [0.2, 0.25) is 0 Å². The van der Waals surface area contributed by atoms with Gasteiger partial charge in [-0.25, -0.2) is 8.42 Å². The molecule has 21 heavy (non-hydrogen) atoms. The number of benzene rings is 1. The van der Waals surface area contributed by atoms with E-state index in [1.165, 1.54) is 22.9 Å². The number of anilines is 1. The molecule has 0 aliphatic rings. The molecule has 0 saturated carbocycles. The maximum atomic E-state index is 12.4. The number of pyridine rings is 1. The second kappa shape index (κ2) is 5.73. The molecule has 0 radical (unpaired) electrons. The lowest BCUT2D eigenvalue weighted by Crippen LogP contribution is -2.23. The van der Waals surface area contributed by atoms with Gasteiger partial charge in [-0.05, 0) is 37.1 Å². The SMILES string of the molecule is Cc1ccc(C)c(S(=O)(=O)CCn2cc(N)ccc2=O)c1. The van der Waals surface area contributed by atoms with Crippen LogP contribution in [-0.2, 0) is 16.4 Å². The van der Waals surface area contributed by atoms with Crippen molar-refractivity contribution in [3.05, 3.63) is 58.0 Å². The normalized spacial score (nSPS) is 11.5. The minimum absolute atomic E-state index is 0.0829. The summed E-state index contributed by atoms with van der Waals surface area (Å²) in [5, 5.41) is 0. The van der Waals surface area contributed by atoms with Crippen LogP contribution in [0, 0.1) is 13.8 Å².